The molecule has 0 saturated heterocycles. The van der Waals surface area contributed by atoms with E-state index >= 15 is 0 Å². The van der Waals surface area contributed by atoms with E-state index in [-0.39, 0.29) is 0 Å². The van der Waals surface area contributed by atoms with E-state index in [1.54, 1.807) is 0 Å². The first kappa shape index (κ1) is 8.82. The fourth-order valence-corrected chi connectivity index (χ4v) is 0.491. The van der Waals surface area contributed by atoms with Crippen LogP contribution in [0.15, 0.2) is 12.3 Å². The summed E-state index contributed by atoms with van der Waals surface area (Å²) in [6.07, 6.45) is -7.23. The van der Waals surface area contributed by atoms with Gasteiger partial charge in [-0.25, -0.2) is 5.10 Å². The predicted octanol–water partition coefficient (Wildman–Crippen LogP) is 1.65. The molecule has 1 heterocycles. The maximum absolute atomic E-state index is 12.1. The van der Waals surface area contributed by atoms with E-state index in [4.69, 9.17) is 0 Å². The summed E-state index contributed by atoms with van der Waals surface area (Å²) in [5.74, 6) is -0.500. The van der Waals surface area contributed by atoms with E-state index < -0.39 is 18.4 Å². The third kappa shape index (κ3) is 1.86. The van der Waals surface area contributed by atoms with Crippen molar-refractivity contribution in [3.05, 3.63) is 12.3 Å². The summed E-state index contributed by atoms with van der Waals surface area (Å²) in [7, 11) is 0. The minimum Gasteiger partial charge on any atom is -0.411 e. The van der Waals surface area contributed by atoms with Gasteiger partial charge < -0.3 is 4.74 Å². The van der Waals surface area contributed by atoms with Crippen molar-refractivity contribution in [1.82, 2.24) is 10.2 Å². The van der Waals surface area contributed by atoms with Gasteiger partial charge in [-0.3, -0.25) is 0 Å². The van der Waals surface area contributed by atoms with Crippen LogP contribution in [0.1, 0.15) is 0 Å². The van der Waals surface area contributed by atoms with Gasteiger partial charge in [-0.05, 0) is 0 Å². The Kier molecular flexibility index (Phi) is 2.20. The molecule has 0 bridgehead atoms. The number of alkyl halides is 4. The molecule has 0 aliphatic rings. The lowest BCUT2D eigenvalue weighted by Gasteiger charge is -2.14. The normalized spacial score (nSPS) is 12.1. The molecular formula is C5H4F4N2O. The van der Waals surface area contributed by atoms with Gasteiger partial charge in [-0.1, -0.05) is 0 Å². The Bertz CT molecular complexity index is 236. The molecule has 0 saturated carbocycles. The summed E-state index contributed by atoms with van der Waals surface area (Å²) in [6.45, 7) is 0. The second kappa shape index (κ2) is 3.00. The highest BCUT2D eigenvalue weighted by atomic mass is 19.3. The van der Waals surface area contributed by atoms with Crippen LogP contribution in [-0.2, 0) is 0 Å². The Balaban J connectivity index is 2.62. The van der Waals surface area contributed by atoms with Crippen LogP contribution in [-0.4, -0.2) is 22.7 Å². The van der Waals surface area contributed by atoms with Crippen LogP contribution in [0, 0.1) is 0 Å². The predicted molar refractivity (Wildman–Crippen MR) is 30.2 cm³/mol. The number of aromatic amines is 1. The standard InChI is InChI=1S/C5H4F4N2O/c6-4(7)5(8,9)12-3-1-2-10-11-3/h1-2,4H,(H,10,11). The molecule has 0 radical (unpaired) electrons. The summed E-state index contributed by atoms with van der Waals surface area (Å²) in [4.78, 5) is 0. The van der Waals surface area contributed by atoms with Crippen LogP contribution in [0.25, 0.3) is 0 Å². The van der Waals surface area contributed by atoms with E-state index in [0.717, 1.165) is 12.3 Å². The summed E-state index contributed by atoms with van der Waals surface area (Å²) in [5, 5.41) is 5.20. The Morgan fingerprint density at radius 1 is 1.50 bits per heavy atom. The second-order valence-corrected chi connectivity index (χ2v) is 1.89. The van der Waals surface area contributed by atoms with Crippen LogP contribution in [0.2, 0.25) is 0 Å². The lowest BCUT2D eigenvalue weighted by Crippen LogP contribution is -2.33. The first-order chi connectivity index (χ1) is 5.52. The number of aromatic nitrogens is 2. The zero-order chi connectivity index (χ0) is 9.19. The lowest BCUT2D eigenvalue weighted by molar-refractivity contribution is -0.254. The van der Waals surface area contributed by atoms with Crippen LogP contribution < -0.4 is 4.74 Å². The minimum atomic E-state index is -4.48. The highest BCUT2D eigenvalue weighted by molar-refractivity contribution is 5.04. The molecule has 1 aromatic heterocycles. The number of ether oxygens (including phenoxy) is 1. The van der Waals surface area contributed by atoms with Crippen molar-refractivity contribution >= 4 is 0 Å². The van der Waals surface area contributed by atoms with E-state index in [2.05, 4.69) is 9.84 Å². The van der Waals surface area contributed by atoms with Crippen molar-refractivity contribution in [3.8, 4) is 5.88 Å². The van der Waals surface area contributed by atoms with Crippen LogP contribution in [0.5, 0.6) is 5.88 Å². The fraction of sp³-hybridized carbons (Fsp3) is 0.400. The second-order valence-electron chi connectivity index (χ2n) is 1.89. The number of nitrogens with zero attached hydrogens (tertiary/aromatic N) is 1. The Morgan fingerprint density at radius 3 is 2.58 bits per heavy atom. The van der Waals surface area contributed by atoms with Crippen LogP contribution >= 0.6 is 0 Å². The number of nitrogens with one attached hydrogen (secondary N) is 1. The smallest absolute Gasteiger partial charge is 0.411 e. The van der Waals surface area contributed by atoms with Gasteiger partial charge in [-0.2, -0.15) is 22.7 Å². The van der Waals surface area contributed by atoms with Crippen LogP contribution in [0.3, 0.4) is 0 Å². The molecule has 68 valence electrons. The first-order valence-electron chi connectivity index (χ1n) is 2.87. The molecule has 0 aliphatic carbocycles. The van der Waals surface area contributed by atoms with Crippen molar-refractivity contribution in [2.45, 2.75) is 12.5 Å². The average Bonchev–Trinajstić information content (AvgIpc) is 2.38. The molecule has 0 spiro atoms. The Labute approximate surface area is 64.3 Å². The molecule has 3 nitrogen and oxygen atoms in total. The van der Waals surface area contributed by atoms with Gasteiger partial charge in [0, 0.05) is 6.07 Å². The van der Waals surface area contributed by atoms with E-state index in [1.165, 1.54) is 0 Å². The molecule has 12 heavy (non-hydrogen) atoms. The molecule has 0 aromatic carbocycles. The summed E-state index contributed by atoms with van der Waals surface area (Å²) in [5.41, 5.74) is 0. The number of halogens is 4. The summed E-state index contributed by atoms with van der Waals surface area (Å²) < 4.78 is 50.8. The first-order valence-corrected chi connectivity index (χ1v) is 2.87. The highest BCUT2D eigenvalue weighted by Crippen LogP contribution is 2.25. The molecule has 0 unspecified atom stereocenters. The number of H-pyrrole nitrogens is 1. The molecule has 0 fully saturated rings. The van der Waals surface area contributed by atoms with Gasteiger partial charge >= 0.3 is 12.5 Å². The molecule has 0 atom stereocenters. The van der Waals surface area contributed by atoms with Crippen LogP contribution in [0.4, 0.5) is 17.6 Å². The SMILES string of the molecule is FC(F)C(F)(F)Oc1ccn[nH]1. The molecule has 1 N–H and O–H groups in total. The minimum absolute atomic E-state index is 0.500. The largest absolute Gasteiger partial charge is 0.462 e. The molecule has 1 aromatic rings. The van der Waals surface area contributed by atoms with Gasteiger partial charge in [0.2, 0.25) is 5.88 Å². The maximum atomic E-state index is 12.1. The van der Waals surface area contributed by atoms with E-state index in [0.29, 0.717) is 0 Å². The van der Waals surface area contributed by atoms with E-state index in [1.807, 2.05) is 5.10 Å². The zero-order valence-electron chi connectivity index (χ0n) is 5.60. The summed E-state index contributed by atoms with van der Waals surface area (Å²) in [6, 6.07) is 1.01. The zero-order valence-corrected chi connectivity index (χ0v) is 5.60. The third-order valence-corrected chi connectivity index (χ3v) is 0.975. The maximum Gasteiger partial charge on any atom is 0.462 e. The Morgan fingerprint density at radius 2 is 2.17 bits per heavy atom. The van der Waals surface area contributed by atoms with Gasteiger partial charge in [0.05, 0.1) is 6.20 Å². The number of hydrogen-bond donors (Lipinski definition) is 1. The molecule has 0 aliphatic heterocycles. The van der Waals surface area contributed by atoms with Crippen molar-refractivity contribution in [2.24, 2.45) is 0 Å². The number of hydrogen-bond acceptors (Lipinski definition) is 2. The molecule has 7 heteroatoms. The van der Waals surface area contributed by atoms with Crippen molar-refractivity contribution in [3.63, 3.8) is 0 Å². The molecular weight excluding hydrogens is 180 g/mol. The Hall–Kier alpha value is -1.27. The van der Waals surface area contributed by atoms with E-state index in [9.17, 15) is 17.6 Å². The topological polar surface area (TPSA) is 37.9 Å². The van der Waals surface area contributed by atoms with Crippen molar-refractivity contribution in [1.29, 1.82) is 0 Å². The van der Waals surface area contributed by atoms with Gasteiger partial charge in [0.25, 0.3) is 0 Å². The third-order valence-electron chi connectivity index (χ3n) is 0.975. The van der Waals surface area contributed by atoms with Gasteiger partial charge in [0.1, 0.15) is 0 Å². The fourth-order valence-electron chi connectivity index (χ4n) is 0.491. The molecule has 1 rings (SSSR count). The lowest BCUT2D eigenvalue weighted by atomic mass is 10.6. The summed E-state index contributed by atoms with van der Waals surface area (Å²) >= 11 is 0. The quantitative estimate of drug-likeness (QED) is 0.725. The molecule has 0 amide bonds. The van der Waals surface area contributed by atoms with Crippen molar-refractivity contribution < 1.29 is 22.3 Å². The monoisotopic (exact) mass is 184 g/mol. The highest BCUT2D eigenvalue weighted by Gasteiger charge is 2.44. The van der Waals surface area contributed by atoms with Crippen molar-refractivity contribution in [2.75, 3.05) is 0 Å². The number of rotatable bonds is 3. The van der Waals surface area contributed by atoms with Gasteiger partial charge in [0.15, 0.2) is 0 Å². The average molecular weight is 184 g/mol. The van der Waals surface area contributed by atoms with Gasteiger partial charge in [-0.15, -0.1) is 0 Å².